The molecule has 0 bridgehead atoms. The summed E-state index contributed by atoms with van der Waals surface area (Å²) < 4.78 is 5.04. The van der Waals surface area contributed by atoms with E-state index in [1.807, 2.05) is 0 Å². The number of amides is 1. The van der Waals surface area contributed by atoms with Gasteiger partial charge >= 0.3 is 0 Å². The lowest BCUT2D eigenvalue weighted by Gasteiger charge is -2.12. The fraction of sp³-hybridized carbons (Fsp3) is 0.250. The second kappa shape index (κ2) is 8.30. The Morgan fingerprint density at radius 3 is 2.71 bits per heavy atom. The number of benzene rings is 1. The van der Waals surface area contributed by atoms with Crippen molar-refractivity contribution in [1.82, 2.24) is 10.3 Å². The molecule has 0 fully saturated rings. The fourth-order valence-electron chi connectivity index (χ4n) is 1.91. The maximum Gasteiger partial charge on any atom is 0.269 e. The molecule has 0 saturated heterocycles. The summed E-state index contributed by atoms with van der Waals surface area (Å²) in [4.78, 5) is 27.2. The lowest BCUT2D eigenvalue weighted by atomic mass is 10.2. The molecule has 1 aromatic carbocycles. The van der Waals surface area contributed by atoms with E-state index in [-0.39, 0.29) is 16.8 Å². The topological polar surface area (TPSA) is 94.4 Å². The van der Waals surface area contributed by atoms with Crippen molar-refractivity contribution in [2.75, 3.05) is 7.11 Å². The van der Waals surface area contributed by atoms with E-state index in [1.54, 1.807) is 37.4 Å². The van der Waals surface area contributed by atoms with Gasteiger partial charge in [0.2, 0.25) is 11.8 Å². The van der Waals surface area contributed by atoms with Crippen molar-refractivity contribution in [1.29, 1.82) is 0 Å². The number of hydrogen-bond donors (Lipinski definition) is 1. The normalized spacial score (nSPS) is 11.6. The van der Waals surface area contributed by atoms with Gasteiger partial charge in [-0.05, 0) is 30.7 Å². The molecule has 1 N–H and O–H groups in total. The van der Waals surface area contributed by atoms with Crippen molar-refractivity contribution in [3.05, 3.63) is 58.3 Å². The maximum absolute atomic E-state index is 12.2. The van der Waals surface area contributed by atoms with Crippen LogP contribution in [0.3, 0.4) is 0 Å². The van der Waals surface area contributed by atoms with E-state index in [4.69, 9.17) is 4.74 Å². The molecule has 8 heteroatoms. The Hall–Kier alpha value is -2.61. The van der Waals surface area contributed by atoms with E-state index < -0.39 is 4.92 Å². The fourth-order valence-corrected chi connectivity index (χ4v) is 2.80. The molecule has 1 amide bonds. The average Bonchev–Trinajstić information content (AvgIpc) is 2.60. The molecular formula is C16H17N3O4S. The van der Waals surface area contributed by atoms with Crippen molar-refractivity contribution >= 4 is 23.4 Å². The summed E-state index contributed by atoms with van der Waals surface area (Å²) in [6.07, 6.45) is 1.62. The lowest BCUT2D eigenvalue weighted by molar-refractivity contribution is -0.384. The number of aromatic nitrogens is 1. The van der Waals surface area contributed by atoms with Gasteiger partial charge in [0.05, 0.1) is 17.3 Å². The first kappa shape index (κ1) is 17.7. The second-order valence-electron chi connectivity index (χ2n) is 4.94. The molecule has 24 heavy (non-hydrogen) atoms. The van der Waals surface area contributed by atoms with Gasteiger partial charge in [-0.15, -0.1) is 11.8 Å². The van der Waals surface area contributed by atoms with Gasteiger partial charge in [0.15, 0.2) is 0 Å². The minimum Gasteiger partial charge on any atom is -0.481 e. The highest BCUT2D eigenvalue weighted by Gasteiger charge is 2.15. The number of nitrogens with zero attached hydrogens (tertiary/aromatic N) is 2. The van der Waals surface area contributed by atoms with Crippen LogP contribution in [-0.4, -0.2) is 28.2 Å². The number of nitrogens with one attached hydrogen (secondary N) is 1. The lowest BCUT2D eigenvalue weighted by Crippen LogP contribution is -2.30. The third kappa shape index (κ3) is 4.95. The Morgan fingerprint density at radius 1 is 1.38 bits per heavy atom. The van der Waals surface area contributed by atoms with Gasteiger partial charge in [-0.3, -0.25) is 14.9 Å². The zero-order valence-corrected chi connectivity index (χ0v) is 14.1. The van der Waals surface area contributed by atoms with Gasteiger partial charge in [-0.2, -0.15) is 0 Å². The first-order valence-corrected chi connectivity index (χ1v) is 8.05. The predicted octanol–water partition coefficient (Wildman–Crippen LogP) is 2.80. The number of nitro benzene ring substituents is 1. The van der Waals surface area contributed by atoms with E-state index in [0.29, 0.717) is 12.4 Å². The maximum atomic E-state index is 12.2. The highest BCUT2D eigenvalue weighted by atomic mass is 32.2. The van der Waals surface area contributed by atoms with Crippen molar-refractivity contribution in [2.45, 2.75) is 23.6 Å². The molecule has 1 atom stereocenters. The van der Waals surface area contributed by atoms with Crippen LogP contribution in [-0.2, 0) is 11.3 Å². The number of carbonyl (C=O) groups excluding carboxylic acids is 1. The number of non-ortho nitro benzene ring substituents is 1. The third-order valence-electron chi connectivity index (χ3n) is 3.20. The zero-order chi connectivity index (χ0) is 17.5. The van der Waals surface area contributed by atoms with E-state index in [0.717, 1.165) is 10.5 Å². The Labute approximate surface area is 143 Å². The summed E-state index contributed by atoms with van der Waals surface area (Å²) in [5.74, 6) is 0.379. The highest BCUT2D eigenvalue weighted by molar-refractivity contribution is 8.00. The summed E-state index contributed by atoms with van der Waals surface area (Å²) in [5.41, 5.74) is 0.922. The molecule has 0 radical (unpaired) electrons. The molecule has 7 nitrogen and oxygen atoms in total. The van der Waals surface area contributed by atoms with Crippen LogP contribution in [0.25, 0.3) is 0 Å². The van der Waals surface area contributed by atoms with Crippen molar-refractivity contribution in [3.63, 3.8) is 0 Å². The summed E-state index contributed by atoms with van der Waals surface area (Å²) in [5, 5.41) is 13.2. The number of carbonyl (C=O) groups is 1. The number of thioether (sulfide) groups is 1. The largest absolute Gasteiger partial charge is 0.481 e. The number of nitro groups is 1. The summed E-state index contributed by atoms with van der Waals surface area (Å²) in [6, 6.07) is 9.69. The molecule has 2 rings (SSSR count). The molecule has 1 heterocycles. The van der Waals surface area contributed by atoms with Gasteiger partial charge in [0.25, 0.3) is 5.69 Å². The van der Waals surface area contributed by atoms with Crippen LogP contribution in [0.15, 0.2) is 47.5 Å². The van der Waals surface area contributed by atoms with Crippen LogP contribution in [0.2, 0.25) is 0 Å². The summed E-state index contributed by atoms with van der Waals surface area (Å²) in [6.45, 7) is 2.16. The van der Waals surface area contributed by atoms with Gasteiger partial charge < -0.3 is 10.1 Å². The molecule has 0 saturated carbocycles. The van der Waals surface area contributed by atoms with Crippen LogP contribution < -0.4 is 10.1 Å². The van der Waals surface area contributed by atoms with Crippen LogP contribution in [0.4, 0.5) is 5.69 Å². The van der Waals surface area contributed by atoms with E-state index in [2.05, 4.69) is 10.3 Å². The monoisotopic (exact) mass is 347 g/mol. The minimum atomic E-state index is -0.451. The number of pyridine rings is 1. The standard InChI is InChI=1S/C16H17N3O4S/c1-11(24-14-5-3-13(4-6-14)19(21)22)16(20)18-10-12-7-8-17-15(9-12)23-2/h3-9,11H,10H2,1-2H3,(H,18,20)/t11-/m1/s1. The van der Waals surface area contributed by atoms with Gasteiger partial charge in [-0.1, -0.05) is 0 Å². The predicted molar refractivity (Wildman–Crippen MR) is 91.1 cm³/mol. The molecule has 0 aliphatic heterocycles. The molecule has 0 aliphatic carbocycles. The van der Waals surface area contributed by atoms with Crippen molar-refractivity contribution in [2.24, 2.45) is 0 Å². The molecular weight excluding hydrogens is 330 g/mol. The average molecular weight is 347 g/mol. The quantitative estimate of drug-likeness (QED) is 0.470. The molecule has 0 aliphatic rings. The number of hydrogen-bond acceptors (Lipinski definition) is 6. The highest BCUT2D eigenvalue weighted by Crippen LogP contribution is 2.25. The number of methoxy groups -OCH3 is 1. The number of ether oxygens (including phenoxy) is 1. The van der Waals surface area contributed by atoms with Crippen LogP contribution in [0, 0.1) is 10.1 Å². The van der Waals surface area contributed by atoms with Crippen LogP contribution >= 0.6 is 11.8 Å². The second-order valence-corrected chi connectivity index (χ2v) is 6.35. The van der Waals surface area contributed by atoms with E-state index in [1.165, 1.54) is 31.0 Å². The third-order valence-corrected chi connectivity index (χ3v) is 4.32. The van der Waals surface area contributed by atoms with E-state index >= 15 is 0 Å². The Balaban J connectivity index is 1.88. The van der Waals surface area contributed by atoms with Crippen LogP contribution in [0.1, 0.15) is 12.5 Å². The Kier molecular flexibility index (Phi) is 6.14. The number of rotatable bonds is 7. The first-order chi connectivity index (χ1) is 11.5. The molecule has 0 spiro atoms. The molecule has 126 valence electrons. The Bertz CT molecular complexity index is 722. The summed E-state index contributed by atoms with van der Waals surface area (Å²) in [7, 11) is 1.54. The van der Waals surface area contributed by atoms with E-state index in [9.17, 15) is 14.9 Å². The molecule has 2 aromatic rings. The van der Waals surface area contributed by atoms with Crippen molar-refractivity contribution < 1.29 is 14.5 Å². The zero-order valence-electron chi connectivity index (χ0n) is 13.3. The van der Waals surface area contributed by atoms with Crippen LogP contribution in [0.5, 0.6) is 5.88 Å². The Morgan fingerprint density at radius 2 is 2.08 bits per heavy atom. The minimum absolute atomic E-state index is 0.0306. The smallest absolute Gasteiger partial charge is 0.269 e. The first-order valence-electron chi connectivity index (χ1n) is 7.17. The van der Waals surface area contributed by atoms with Gasteiger partial charge in [-0.25, -0.2) is 4.98 Å². The molecule has 0 unspecified atom stereocenters. The molecule has 1 aromatic heterocycles. The van der Waals surface area contributed by atoms with Gasteiger partial charge in [0, 0.05) is 35.8 Å². The SMILES string of the molecule is COc1cc(CNC(=O)[C@@H](C)Sc2ccc([N+](=O)[O-])cc2)ccn1. The van der Waals surface area contributed by atoms with Gasteiger partial charge in [0.1, 0.15) is 0 Å². The summed E-state index contributed by atoms with van der Waals surface area (Å²) >= 11 is 1.34. The van der Waals surface area contributed by atoms with Crippen molar-refractivity contribution in [3.8, 4) is 5.88 Å².